The average Bonchev–Trinajstić information content (AvgIpc) is 2.97. The second-order valence-corrected chi connectivity index (χ2v) is 5.17. The first-order chi connectivity index (χ1) is 8.09. The number of hydrogen-bond donors (Lipinski definition) is 1. The molecular weight excluding hydrogens is 214 g/mol. The smallest absolute Gasteiger partial charge is 0.0769 e. The van der Waals surface area contributed by atoms with E-state index in [0.29, 0.717) is 0 Å². The van der Waals surface area contributed by atoms with E-state index in [1.54, 1.807) is 10.9 Å². The minimum atomic E-state index is -0.0365. The Kier molecular flexibility index (Phi) is 3.49. The fourth-order valence-electron chi connectivity index (χ4n) is 2.77. The summed E-state index contributed by atoms with van der Waals surface area (Å²) in [6.45, 7) is 6.78. The lowest BCUT2D eigenvalue weighted by atomic mass is 9.86. The zero-order chi connectivity index (χ0) is 12.5. The van der Waals surface area contributed by atoms with E-state index >= 15 is 0 Å². The van der Waals surface area contributed by atoms with Crippen LogP contribution in [0.4, 0.5) is 0 Å². The highest BCUT2D eigenvalue weighted by molar-refractivity contribution is 5.11. The molecule has 1 aliphatic heterocycles. The minimum Gasteiger partial charge on any atom is -0.321 e. The molecule has 2 rings (SSSR count). The van der Waals surface area contributed by atoms with Crippen molar-refractivity contribution in [3.63, 3.8) is 0 Å². The number of aromatic nitrogens is 3. The maximum atomic E-state index is 6.47. The first kappa shape index (κ1) is 12.5. The van der Waals surface area contributed by atoms with E-state index in [1.807, 2.05) is 7.05 Å². The molecule has 0 aromatic carbocycles. The summed E-state index contributed by atoms with van der Waals surface area (Å²) in [6.07, 6.45) is 5.39. The molecule has 0 aliphatic carbocycles. The summed E-state index contributed by atoms with van der Waals surface area (Å²) in [6, 6.07) is -0.0365. The Morgan fingerprint density at radius 1 is 1.47 bits per heavy atom. The normalized spacial score (nSPS) is 22.6. The molecule has 5 nitrogen and oxygen atoms in total. The van der Waals surface area contributed by atoms with Crippen molar-refractivity contribution in [1.82, 2.24) is 19.9 Å². The van der Waals surface area contributed by atoms with Crippen molar-refractivity contribution in [3.05, 3.63) is 11.9 Å². The molecule has 2 atom stereocenters. The molecule has 2 N–H and O–H groups in total. The summed E-state index contributed by atoms with van der Waals surface area (Å²) < 4.78 is 1.79. The third kappa shape index (κ3) is 2.09. The molecule has 96 valence electrons. The van der Waals surface area contributed by atoms with Gasteiger partial charge in [-0.2, -0.15) is 0 Å². The van der Waals surface area contributed by atoms with E-state index < -0.39 is 0 Å². The Balaban J connectivity index is 2.25. The Labute approximate surface area is 103 Å². The van der Waals surface area contributed by atoms with Gasteiger partial charge in [0.1, 0.15) is 0 Å². The SMILES string of the molecule is CCC(C)(C(N)c1cnnn1C)N1CCCC1. The molecule has 0 radical (unpaired) electrons. The van der Waals surface area contributed by atoms with Crippen LogP contribution in [0.15, 0.2) is 6.20 Å². The van der Waals surface area contributed by atoms with Gasteiger partial charge in [0.15, 0.2) is 0 Å². The summed E-state index contributed by atoms with van der Waals surface area (Å²) in [5.41, 5.74) is 7.49. The van der Waals surface area contributed by atoms with Gasteiger partial charge in [-0.05, 0) is 39.3 Å². The van der Waals surface area contributed by atoms with Gasteiger partial charge < -0.3 is 5.73 Å². The van der Waals surface area contributed by atoms with Crippen LogP contribution in [0.2, 0.25) is 0 Å². The molecule has 1 aliphatic rings. The van der Waals surface area contributed by atoms with Gasteiger partial charge in [-0.25, -0.2) is 0 Å². The quantitative estimate of drug-likeness (QED) is 0.851. The lowest BCUT2D eigenvalue weighted by Crippen LogP contribution is -2.52. The number of nitrogens with zero attached hydrogens (tertiary/aromatic N) is 4. The molecule has 1 aromatic heterocycles. The number of nitrogens with two attached hydrogens (primary N) is 1. The van der Waals surface area contributed by atoms with Crippen molar-refractivity contribution in [1.29, 1.82) is 0 Å². The Hall–Kier alpha value is -0.940. The number of hydrogen-bond acceptors (Lipinski definition) is 4. The monoisotopic (exact) mass is 237 g/mol. The van der Waals surface area contributed by atoms with E-state index in [0.717, 1.165) is 25.2 Å². The van der Waals surface area contributed by atoms with E-state index in [1.165, 1.54) is 12.8 Å². The lowest BCUT2D eigenvalue weighted by Gasteiger charge is -2.42. The highest BCUT2D eigenvalue weighted by atomic mass is 15.4. The van der Waals surface area contributed by atoms with Gasteiger partial charge in [-0.3, -0.25) is 9.58 Å². The van der Waals surface area contributed by atoms with Crippen LogP contribution in [0.3, 0.4) is 0 Å². The van der Waals surface area contributed by atoms with Gasteiger partial charge in [0, 0.05) is 12.6 Å². The molecular formula is C12H23N5. The van der Waals surface area contributed by atoms with Gasteiger partial charge in [0.25, 0.3) is 0 Å². The van der Waals surface area contributed by atoms with Gasteiger partial charge >= 0.3 is 0 Å². The van der Waals surface area contributed by atoms with E-state index in [-0.39, 0.29) is 11.6 Å². The van der Waals surface area contributed by atoms with Gasteiger partial charge in [-0.15, -0.1) is 5.10 Å². The highest BCUT2D eigenvalue weighted by Gasteiger charge is 2.39. The molecule has 17 heavy (non-hydrogen) atoms. The molecule has 5 heteroatoms. The number of rotatable bonds is 4. The molecule has 2 heterocycles. The summed E-state index contributed by atoms with van der Waals surface area (Å²) in [4.78, 5) is 2.52. The van der Waals surface area contributed by atoms with Crippen LogP contribution in [0.5, 0.6) is 0 Å². The lowest BCUT2D eigenvalue weighted by molar-refractivity contribution is 0.0969. The molecule has 1 saturated heterocycles. The highest BCUT2D eigenvalue weighted by Crippen LogP contribution is 2.34. The Bertz CT molecular complexity index is 369. The molecule has 0 saturated carbocycles. The zero-order valence-corrected chi connectivity index (χ0v) is 11.1. The predicted octanol–water partition coefficient (Wildman–Crippen LogP) is 1.08. The maximum Gasteiger partial charge on any atom is 0.0769 e. The molecule has 0 bridgehead atoms. The minimum absolute atomic E-state index is 0.00593. The summed E-state index contributed by atoms with van der Waals surface area (Å²) in [5.74, 6) is 0. The Morgan fingerprint density at radius 3 is 2.59 bits per heavy atom. The van der Waals surface area contributed by atoms with Gasteiger partial charge in [0.2, 0.25) is 0 Å². The maximum absolute atomic E-state index is 6.47. The van der Waals surface area contributed by atoms with Crippen LogP contribution in [0.25, 0.3) is 0 Å². The fourth-order valence-corrected chi connectivity index (χ4v) is 2.77. The molecule has 1 aromatic rings. The van der Waals surface area contributed by atoms with Crippen LogP contribution in [-0.2, 0) is 7.05 Å². The van der Waals surface area contributed by atoms with Gasteiger partial charge in [-0.1, -0.05) is 12.1 Å². The van der Waals surface area contributed by atoms with Crippen LogP contribution in [0, 0.1) is 0 Å². The van der Waals surface area contributed by atoms with E-state index in [9.17, 15) is 0 Å². The van der Waals surface area contributed by atoms with Crippen LogP contribution < -0.4 is 5.73 Å². The third-order valence-corrected chi connectivity index (χ3v) is 4.28. The van der Waals surface area contributed by atoms with Crippen molar-refractivity contribution < 1.29 is 0 Å². The average molecular weight is 237 g/mol. The molecule has 0 spiro atoms. The van der Waals surface area contributed by atoms with Crippen LogP contribution >= 0.6 is 0 Å². The van der Waals surface area contributed by atoms with Crippen molar-refractivity contribution in [3.8, 4) is 0 Å². The van der Waals surface area contributed by atoms with Crippen molar-refractivity contribution in [2.75, 3.05) is 13.1 Å². The van der Waals surface area contributed by atoms with Gasteiger partial charge in [0.05, 0.1) is 17.9 Å². The van der Waals surface area contributed by atoms with Crippen molar-refractivity contribution in [2.45, 2.75) is 44.7 Å². The topological polar surface area (TPSA) is 60.0 Å². The van der Waals surface area contributed by atoms with Crippen LogP contribution in [0.1, 0.15) is 44.8 Å². The standard InChI is InChI=1S/C12H23N5/c1-4-12(2,17-7-5-6-8-17)11(13)10-9-14-15-16(10)3/h9,11H,4-8,13H2,1-3H3. The first-order valence-corrected chi connectivity index (χ1v) is 6.45. The molecule has 2 unspecified atom stereocenters. The third-order valence-electron chi connectivity index (χ3n) is 4.28. The molecule has 1 fully saturated rings. The zero-order valence-electron chi connectivity index (χ0n) is 11.1. The van der Waals surface area contributed by atoms with Crippen LogP contribution in [-0.4, -0.2) is 38.5 Å². The largest absolute Gasteiger partial charge is 0.321 e. The second kappa shape index (κ2) is 4.74. The summed E-state index contributed by atoms with van der Waals surface area (Å²) in [5, 5.41) is 7.91. The number of likely N-dealkylation sites (tertiary alicyclic amines) is 1. The predicted molar refractivity (Wildman–Crippen MR) is 67.4 cm³/mol. The molecule has 0 amide bonds. The van der Waals surface area contributed by atoms with E-state index in [4.69, 9.17) is 5.73 Å². The van der Waals surface area contributed by atoms with E-state index in [2.05, 4.69) is 29.1 Å². The first-order valence-electron chi connectivity index (χ1n) is 6.45. The van der Waals surface area contributed by atoms with Crippen molar-refractivity contribution in [2.24, 2.45) is 12.8 Å². The summed E-state index contributed by atoms with van der Waals surface area (Å²) >= 11 is 0. The number of aryl methyl sites for hydroxylation is 1. The van der Waals surface area contributed by atoms with Crippen molar-refractivity contribution >= 4 is 0 Å². The second-order valence-electron chi connectivity index (χ2n) is 5.17. The fraction of sp³-hybridized carbons (Fsp3) is 0.833. The Morgan fingerprint density at radius 2 is 2.12 bits per heavy atom. The summed E-state index contributed by atoms with van der Waals surface area (Å²) in [7, 11) is 1.91.